The lowest BCUT2D eigenvalue weighted by Crippen LogP contribution is -2.27. The van der Waals surface area contributed by atoms with Gasteiger partial charge in [-0.2, -0.15) is 0 Å². The molecular formula is C11H16ClN3. The molecule has 0 saturated heterocycles. The molecule has 3 nitrogen and oxygen atoms in total. The second kappa shape index (κ2) is 4.81. The van der Waals surface area contributed by atoms with E-state index in [9.17, 15) is 0 Å². The molecule has 1 heterocycles. The van der Waals surface area contributed by atoms with Crippen molar-refractivity contribution in [2.45, 2.75) is 18.9 Å². The Morgan fingerprint density at radius 3 is 2.93 bits per heavy atom. The first-order chi connectivity index (χ1) is 7.25. The van der Waals surface area contributed by atoms with Crippen LogP contribution in [-0.4, -0.2) is 36.1 Å². The van der Waals surface area contributed by atoms with Crippen LogP contribution in [0.2, 0.25) is 5.02 Å². The SMILES string of the molecule is CN(CCNc1ccc(Cl)cn1)C1CC1. The molecule has 1 aliphatic rings. The lowest BCUT2D eigenvalue weighted by Gasteiger charge is -2.15. The first-order valence-electron chi connectivity index (χ1n) is 5.31. The minimum Gasteiger partial charge on any atom is -0.369 e. The van der Waals surface area contributed by atoms with Crippen molar-refractivity contribution in [3.63, 3.8) is 0 Å². The van der Waals surface area contributed by atoms with E-state index in [1.165, 1.54) is 12.8 Å². The van der Waals surface area contributed by atoms with Crippen molar-refractivity contribution in [3.8, 4) is 0 Å². The van der Waals surface area contributed by atoms with Crippen molar-refractivity contribution in [1.82, 2.24) is 9.88 Å². The lowest BCUT2D eigenvalue weighted by atomic mass is 10.4. The molecule has 82 valence electrons. The predicted octanol–water partition coefficient (Wildman–Crippen LogP) is 2.24. The van der Waals surface area contributed by atoms with E-state index in [0.717, 1.165) is 24.9 Å². The van der Waals surface area contributed by atoms with E-state index < -0.39 is 0 Å². The Morgan fingerprint density at radius 2 is 2.33 bits per heavy atom. The average molecular weight is 226 g/mol. The van der Waals surface area contributed by atoms with Gasteiger partial charge in [-0.05, 0) is 32.0 Å². The molecule has 1 N–H and O–H groups in total. The number of nitrogens with one attached hydrogen (secondary N) is 1. The molecule has 1 saturated carbocycles. The fourth-order valence-electron chi connectivity index (χ4n) is 1.54. The fourth-order valence-corrected chi connectivity index (χ4v) is 1.65. The van der Waals surface area contributed by atoms with Gasteiger partial charge in [-0.25, -0.2) is 4.98 Å². The molecule has 15 heavy (non-hydrogen) atoms. The smallest absolute Gasteiger partial charge is 0.126 e. The van der Waals surface area contributed by atoms with Crippen molar-refractivity contribution in [2.75, 3.05) is 25.5 Å². The summed E-state index contributed by atoms with van der Waals surface area (Å²) in [6.45, 7) is 2.00. The number of pyridine rings is 1. The summed E-state index contributed by atoms with van der Waals surface area (Å²) < 4.78 is 0. The van der Waals surface area contributed by atoms with Crippen molar-refractivity contribution >= 4 is 17.4 Å². The third-order valence-corrected chi connectivity index (χ3v) is 2.89. The zero-order valence-corrected chi connectivity index (χ0v) is 9.67. The van der Waals surface area contributed by atoms with Crippen molar-refractivity contribution in [2.24, 2.45) is 0 Å². The van der Waals surface area contributed by atoms with Crippen LogP contribution in [0.4, 0.5) is 5.82 Å². The summed E-state index contributed by atoms with van der Waals surface area (Å²) in [4.78, 5) is 6.57. The van der Waals surface area contributed by atoms with Gasteiger partial charge in [0.15, 0.2) is 0 Å². The van der Waals surface area contributed by atoms with E-state index in [-0.39, 0.29) is 0 Å². The molecule has 1 aliphatic carbocycles. The van der Waals surface area contributed by atoms with Crippen molar-refractivity contribution in [1.29, 1.82) is 0 Å². The first-order valence-corrected chi connectivity index (χ1v) is 5.69. The van der Waals surface area contributed by atoms with Gasteiger partial charge in [0.05, 0.1) is 5.02 Å². The summed E-state index contributed by atoms with van der Waals surface area (Å²) in [6.07, 6.45) is 4.37. The normalized spacial score (nSPS) is 15.7. The number of hydrogen-bond acceptors (Lipinski definition) is 3. The third kappa shape index (κ3) is 3.36. The summed E-state index contributed by atoms with van der Waals surface area (Å²) in [5.74, 6) is 0.892. The quantitative estimate of drug-likeness (QED) is 0.833. The van der Waals surface area contributed by atoms with Gasteiger partial charge in [-0.1, -0.05) is 11.6 Å². The lowest BCUT2D eigenvalue weighted by molar-refractivity contribution is 0.337. The standard InChI is InChI=1S/C11H16ClN3/c1-15(10-3-4-10)7-6-13-11-5-2-9(12)8-14-11/h2,5,8,10H,3-4,6-7H2,1H3,(H,13,14). The maximum absolute atomic E-state index is 5.75. The molecule has 0 aliphatic heterocycles. The first kappa shape index (κ1) is 10.7. The van der Waals surface area contributed by atoms with E-state index >= 15 is 0 Å². The molecule has 0 radical (unpaired) electrons. The van der Waals surface area contributed by atoms with E-state index in [4.69, 9.17) is 11.6 Å². The number of aromatic nitrogens is 1. The Labute approximate surface area is 95.4 Å². The topological polar surface area (TPSA) is 28.2 Å². The second-order valence-electron chi connectivity index (χ2n) is 4.00. The van der Waals surface area contributed by atoms with E-state index in [0.29, 0.717) is 5.02 Å². The Kier molecular flexibility index (Phi) is 3.44. The molecule has 0 atom stereocenters. The Hall–Kier alpha value is -0.800. The highest BCUT2D eigenvalue weighted by atomic mass is 35.5. The third-order valence-electron chi connectivity index (χ3n) is 2.67. The highest BCUT2D eigenvalue weighted by Gasteiger charge is 2.25. The molecule has 0 spiro atoms. The minimum absolute atomic E-state index is 0.677. The maximum atomic E-state index is 5.75. The molecule has 2 rings (SSSR count). The van der Waals surface area contributed by atoms with Gasteiger partial charge in [-0.3, -0.25) is 0 Å². The summed E-state index contributed by atoms with van der Waals surface area (Å²) in [5, 5.41) is 3.95. The Bertz CT molecular complexity index is 308. The molecule has 1 fully saturated rings. The molecule has 4 heteroatoms. The summed E-state index contributed by atoms with van der Waals surface area (Å²) in [7, 11) is 2.18. The zero-order valence-electron chi connectivity index (χ0n) is 8.91. The molecule has 1 aromatic heterocycles. The van der Waals surface area contributed by atoms with Gasteiger partial charge in [0, 0.05) is 25.3 Å². The molecule has 1 aromatic rings. The van der Waals surface area contributed by atoms with Gasteiger partial charge in [0.2, 0.25) is 0 Å². The minimum atomic E-state index is 0.677. The highest BCUT2D eigenvalue weighted by molar-refractivity contribution is 6.30. The molecule has 0 amide bonds. The number of anilines is 1. The molecule has 0 aromatic carbocycles. The second-order valence-corrected chi connectivity index (χ2v) is 4.44. The summed E-state index contributed by atoms with van der Waals surface area (Å²) in [5.41, 5.74) is 0. The summed E-state index contributed by atoms with van der Waals surface area (Å²) >= 11 is 5.75. The van der Waals surface area contributed by atoms with E-state index in [1.807, 2.05) is 12.1 Å². The fraction of sp³-hybridized carbons (Fsp3) is 0.545. The largest absolute Gasteiger partial charge is 0.369 e. The Morgan fingerprint density at radius 1 is 1.53 bits per heavy atom. The van der Waals surface area contributed by atoms with Gasteiger partial charge in [0.1, 0.15) is 5.82 Å². The molecule has 0 bridgehead atoms. The highest BCUT2D eigenvalue weighted by Crippen LogP contribution is 2.24. The number of rotatable bonds is 5. The molecular weight excluding hydrogens is 210 g/mol. The molecule has 0 unspecified atom stereocenters. The van der Waals surface area contributed by atoms with Gasteiger partial charge in [-0.15, -0.1) is 0 Å². The van der Waals surface area contributed by atoms with Crippen LogP contribution in [0.3, 0.4) is 0 Å². The predicted molar refractivity (Wildman–Crippen MR) is 63.4 cm³/mol. The number of nitrogens with zero attached hydrogens (tertiary/aromatic N) is 2. The monoisotopic (exact) mass is 225 g/mol. The van der Waals surface area contributed by atoms with Gasteiger partial charge >= 0.3 is 0 Å². The van der Waals surface area contributed by atoms with Crippen LogP contribution in [-0.2, 0) is 0 Å². The van der Waals surface area contributed by atoms with E-state index in [2.05, 4.69) is 22.2 Å². The van der Waals surface area contributed by atoms with Crippen molar-refractivity contribution < 1.29 is 0 Å². The zero-order chi connectivity index (χ0) is 10.7. The van der Waals surface area contributed by atoms with Crippen LogP contribution in [0.1, 0.15) is 12.8 Å². The van der Waals surface area contributed by atoms with Crippen LogP contribution in [0, 0.1) is 0 Å². The Balaban J connectivity index is 1.70. The van der Waals surface area contributed by atoms with E-state index in [1.54, 1.807) is 6.20 Å². The number of likely N-dealkylation sites (N-methyl/N-ethyl adjacent to an activating group) is 1. The summed E-state index contributed by atoms with van der Waals surface area (Å²) in [6, 6.07) is 4.57. The van der Waals surface area contributed by atoms with Crippen LogP contribution >= 0.6 is 11.6 Å². The van der Waals surface area contributed by atoms with Crippen LogP contribution in [0.15, 0.2) is 18.3 Å². The van der Waals surface area contributed by atoms with Crippen LogP contribution in [0.5, 0.6) is 0 Å². The average Bonchev–Trinajstić information content (AvgIpc) is 3.04. The van der Waals surface area contributed by atoms with Crippen LogP contribution < -0.4 is 5.32 Å². The van der Waals surface area contributed by atoms with Gasteiger partial charge in [0.25, 0.3) is 0 Å². The number of hydrogen-bond donors (Lipinski definition) is 1. The van der Waals surface area contributed by atoms with Crippen molar-refractivity contribution in [3.05, 3.63) is 23.4 Å². The van der Waals surface area contributed by atoms with Crippen LogP contribution in [0.25, 0.3) is 0 Å². The maximum Gasteiger partial charge on any atom is 0.126 e. The number of halogens is 1. The van der Waals surface area contributed by atoms with Gasteiger partial charge < -0.3 is 10.2 Å².